The molecule has 0 fully saturated rings. The number of fused-ring (bicyclic) bond motifs is 1. The van der Waals surface area contributed by atoms with Gasteiger partial charge < -0.3 is 19.9 Å². The molecule has 8 heteroatoms. The second kappa shape index (κ2) is 10.7. The first kappa shape index (κ1) is 24.8. The van der Waals surface area contributed by atoms with Gasteiger partial charge in [-0.05, 0) is 43.4 Å². The molecule has 0 bridgehead atoms. The standard InChI is InChI=1S/C21H26N2O5S.C2H6/c1-5-28-20(26)13-8-12(27-4)6-7-14(13)22-15-9-21(2,3)10-16-18(15)29-11-17(23-16)19(24)25;1-2/h6-8,17,22H,5,9-11H2,1-4H3,(H,24,25);1-2H3. The van der Waals surface area contributed by atoms with Gasteiger partial charge in [0.25, 0.3) is 0 Å². The summed E-state index contributed by atoms with van der Waals surface area (Å²) in [6.45, 7) is 10.3. The van der Waals surface area contributed by atoms with Crippen LogP contribution in [-0.2, 0) is 9.53 Å². The van der Waals surface area contributed by atoms with Crippen molar-refractivity contribution in [1.82, 2.24) is 0 Å². The molecule has 0 amide bonds. The van der Waals surface area contributed by atoms with E-state index < -0.39 is 18.0 Å². The third kappa shape index (κ3) is 6.03. The predicted octanol–water partition coefficient (Wildman–Crippen LogP) is 4.98. The number of nitrogens with one attached hydrogen (secondary N) is 1. The Morgan fingerprint density at radius 2 is 2.00 bits per heavy atom. The fourth-order valence-corrected chi connectivity index (χ4v) is 4.65. The molecule has 0 saturated carbocycles. The average Bonchev–Trinajstić information content (AvgIpc) is 2.74. The molecule has 0 aromatic heterocycles. The van der Waals surface area contributed by atoms with E-state index in [4.69, 9.17) is 9.47 Å². The van der Waals surface area contributed by atoms with Gasteiger partial charge in [-0.2, -0.15) is 0 Å². The van der Waals surface area contributed by atoms with Crippen LogP contribution in [0.25, 0.3) is 0 Å². The molecule has 7 nitrogen and oxygen atoms in total. The molecule has 1 aromatic rings. The molecule has 1 heterocycles. The van der Waals surface area contributed by atoms with E-state index in [2.05, 4.69) is 24.2 Å². The minimum absolute atomic E-state index is 0.0812. The zero-order valence-corrected chi connectivity index (χ0v) is 19.9. The molecule has 3 rings (SSSR count). The Hall–Kier alpha value is -2.48. The third-order valence-corrected chi connectivity index (χ3v) is 6.08. The second-order valence-corrected chi connectivity index (χ2v) is 8.85. The molecule has 31 heavy (non-hydrogen) atoms. The molecule has 170 valence electrons. The first-order valence-corrected chi connectivity index (χ1v) is 11.5. The summed E-state index contributed by atoms with van der Waals surface area (Å²) in [5.74, 6) is -0.362. The minimum atomic E-state index is -0.901. The summed E-state index contributed by atoms with van der Waals surface area (Å²) in [5, 5.41) is 12.8. The van der Waals surface area contributed by atoms with E-state index in [-0.39, 0.29) is 12.0 Å². The molecule has 0 saturated heterocycles. The Balaban J connectivity index is 0.00000166. The van der Waals surface area contributed by atoms with Gasteiger partial charge in [0.2, 0.25) is 0 Å². The highest BCUT2D eigenvalue weighted by molar-refractivity contribution is 8.04. The quantitative estimate of drug-likeness (QED) is 0.592. The molecule has 1 aliphatic carbocycles. The number of hydrogen-bond donors (Lipinski definition) is 2. The Kier molecular flexibility index (Phi) is 8.56. The van der Waals surface area contributed by atoms with E-state index in [0.29, 0.717) is 22.8 Å². The maximum Gasteiger partial charge on any atom is 0.340 e. The molecule has 2 aliphatic rings. The van der Waals surface area contributed by atoms with Gasteiger partial charge in [0, 0.05) is 16.4 Å². The smallest absolute Gasteiger partial charge is 0.340 e. The van der Waals surface area contributed by atoms with Crippen molar-refractivity contribution in [3.05, 3.63) is 34.4 Å². The Labute approximate surface area is 188 Å². The summed E-state index contributed by atoms with van der Waals surface area (Å²) in [7, 11) is 1.55. The number of hydrogen-bond acceptors (Lipinski definition) is 7. The van der Waals surface area contributed by atoms with Gasteiger partial charge in [-0.1, -0.05) is 27.7 Å². The number of carbonyl (C=O) groups is 2. The van der Waals surface area contributed by atoms with Gasteiger partial charge in [0.1, 0.15) is 5.75 Å². The molecule has 0 radical (unpaired) electrons. The highest BCUT2D eigenvalue weighted by Crippen LogP contribution is 2.44. The number of allylic oxidation sites excluding steroid dienone is 2. The Morgan fingerprint density at radius 1 is 1.29 bits per heavy atom. The molecule has 1 unspecified atom stereocenters. The van der Waals surface area contributed by atoms with Gasteiger partial charge >= 0.3 is 11.9 Å². The van der Waals surface area contributed by atoms with Gasteiger partial charge in [0.05, 0.1) is 30.7 Å². The van der Waals surface area contributed by atoms with E-state index in [1.807, 2.05) is 13.8 Å². The van der Waals surface area contributed by atoms with Crippen LogP contribution in [0, 0.1) is 5.41 Å². The average molecular weight is 449 g/mol. The molecule has 1 aliphatic heterocycles. The topological polar surface area (TPSA) is 97.2 Å². The van der Waals surface area contributed by atoms with Gasteiger partial charge in [-0.15, -0.1) is 11.8 Å². The molecule has 0 spiro atoms. The summed E-state index contributed by atoms with van der Waals surface area (Å²) in [4.78, 5) is 29.3. The lowest BCUT2D eigenvalue weighted by molar-refractivity contribution is -0.137. The zero-order valence-electron chi connectivity index (χ0n) is 19.1. The summed E-state index contributed by atoms with van der Waals surface area (Å²) < 4.78 is 10.5. The van der Waals surface area contributed by atoms with Crippen LogP contribution in [0.15, 0.2) is 33.8 Å². The maximum absolute atomic E-state index is 12.5. The van der Waals surface area contributed by atoms with E-state index in [1.54, 1.807) is 32.2 Å². The minimum Gasteiger partial charge on any atom is -0.497 e. The molecule has 2 N–H and O–H groups in total. The van der Waals surface area contributed by atoms with Gasteiger partial charge in [-0.25, -0.2) is 9.59 Å². The van der Waals surface area contributed by atoms with Crippen LogP contribution in [0.1, 0.15) is 57.8 Å². The van der Waals surface area contributed by atoms with E-state index in [9.17, 15) is 14.7 Å². The highest BCUT2D eigenvalue weighted by atomic mass is 32.2. The largest absolute Gasteiger partial charge is 0.497 e. The van der Waals surface area contributed by atoms with Crippen LogP contribution in [-0.4, -0.2) is 48.3 Å². The van der Waals surface area contributed by atoms with Crippen molar-refractivity contribution in [2.45, 2.75) is 53.5 Å². The van der Waals surface area contributed by atoms with Crippen LogP contribution in [0.3, 0.4) is 0 Å². The van der Waals surface area contributed by atoms with Crippen LogP contribution in [0.5, 0.6) is 5.75 Å². The monoisotopic (exact) mass is 448 g/mol. The Bertz CT molecular complexity index is 892. The number of rotatable bonds is 6. The number of anilines is 1. The number of thioether (sulfide) groups is 1. The highest BCUT2D eigenvalue weighted by Gasteiger charge is 2.36. The van der Waals surface area contributed by atoms with Crippen molar-refractivity contribution in [1.29, 1.82) is 0 Å². The number of ether oxygens (including phenoxy) is 2. The number of nitrogens with zero attached hydrogens (tertiary/aromatic N) is 1. The molecule has 1 atom stereocenters. The molecular weight excluding hydrogens is 416 g/mol. The summed E-state index contributed by atoms with van der Waals surface area (Å²) >= 11 is 1.51. The number of aliphatic carboxylic acids is 1. The number of esters is 1. The molecule has 1 aromatic carbocycles. The van der Waals surface area contributed by atoms with Crippen molar-refractivity contribution in [2.24, 2.45) is 10.4 Å². The van der Waals surface area contributed by atoms with Crippen LogP contribution in [0.4, 0.5) is 5.69 Å². The second-order valence-electron chi connectivity index (χ2n) is 7.82. The fraction of sp³-hybridized carbons (Fsp3) is 0.522. The first-order valence-electron chi connectivity index (χ1n) is 10.5. The van der Waals surface area contributed by atoms with Crippen LogP contribution in [0.2, 0.25) is 0 Å². The van der Waals surface area contributed by atoms with Crippen molar-refractivity contribution in [3.8, 4) is 5.75 Å². The first-order chi connectivity index (χ1) is 14.7. The van der Waals surface area contributed by atoms with E-state index >= 15 is 0 Å². The molecular formula is C23H32N2O5S. The SMILES string of the molecule is CC.CCOC(=O)c1cc(OC)ccc1NC1=C2SCC(C(=O)O)N=C2CC(C)(C)C1. The van der Waals surface area contributed by atoms with Crippen molar-refractivity contribution < 1.29 is 24.2 Å². The maximum atomic E-state index is 12.5. The number of aliphatic imine (C=N–C) groups is 1. The van der Waals surface area contributed by atoms with Gasteiger partial charge in [0.15, 0.2) is 6.04 Å². The van der Waals surface area contributed by atoms with Crippen molar-refractivity contribution in [3.63, 3.8) is 0 Å². The third-order valence-electron chi connectivity index (χ3n) is 4.83. The van der Waals surface area contributed by atoms with Crippen molar-refractivity contribution in [2.75, 3.05) is 24.8 Å². The van der Waals surface area contributed by atoms with Crippen LogP contribution >= 0.6 is 11.8 Å². The fourth-order valence-electron chi connectivity index (χ4n) is 3.52. The number of carboxylic acids is 1. The van der Waals surface area contributed by atoms with E-state index in [1.165, 1.54) is 11.8 Å². The number of benzene rings is 1. The number of carbonyl (C=O) groups excluding carboxylic acids is 1. The lowest BCUT2D eigenvalue weighted by Gasteiger charge is -2.36. The predicted molar refractivity (Wildman–Crippen MR) is 125 cm³/mol. The number of methoxy groups -OCH3 is 1. The lowest BCUT2D eigenvalue weighted by atomic mass is 9.78. The Morgan fingerprint density at radius 3 is 2.61 bits per heavy atom. The van der Waals surface area contributed by atoms with Gasteiger partial charge in [-0.3, -0.25) is 4.99 Å². The summed E-state index contributed by atoms with van der Waals surface area (Å²) in [6, 6.07) is 4.52. The normalized spacial score (nSPS) is 19.3. The number of carboxylic acid groups (broad SMARTS) is 1. The van der Waals surface area contributed by atoms with E-state index in [0.717, 1.165) is 29.2 Å². The summed E-state index contributed by atoms with van der Waals surface area (Å²) in [5.41, 5.74) is 2.71. The van der Waals surface area contributed by atoms with Crippen molar-refractivity contribution >= 4 is 35.1 Å². The summed E-state index contributed by atoms with van der Waals surface area (Å²) in [6.07, 6.45) is 1.48. The lowest BCUT2D eigenvalue weighted by Crippen LogP contribution is -2.34. The zero-order chi connectivity index (χ0) is 23.2. The van der Waals surface area contributed by atoms with Crippen LogP contribution < -0.4 is 10.1 Å².